The van der Waals surface area contributed by atoms with Crippen LogP contribution in [0.4, 0.5) is 0 Å². The van der Waals surface area contributed by atoms with E-state index in [9.17, 15) is 4.79 Å². The fourth-order valence-corrected chi connectivity index (χ4v) is 3.36. The summed E-state index contributed by atoms with van der Waals surface area (Å²) in [6.45, 7) is 5.55. The van der Waals surface area contributed by atoms with Crippen molar-refractivity contribution in [3.63, 3.8) is 0 Å². The SMILES string of the molecule is CC(C)(C(=O)N1CCC(c2ccncc2)C1)c1ccc(Cl)cc1. The molecule has 0 aliphatic carbocycles. The molecule has 1 fully saturated rings. The van der Waals surface area contributed by atoms with Gasteiger partial charge in [0.15, 0.2) is 0 Å². The number of halogens is 1. The van der Waals surface area contributed by atoms with Gasteiger partial charge in [-0.05, 0) is 55.7 Å². The van der Waals surface area contributed by atoms with E-state index >= 15 is 0 Å². The summed E-state index contributed by atoms with van der Waals surface area (Å²) in [4.78, 5) is 19.1. The average molecular weight is 329 g/mol. The number of carbonyl (C=O) groups excluding carboxylic acids is 1. The van der Waals surface area contributed by atoms with Crippen molar-refractivity contribution in [1.29, 1.82) is 0 Å². The van der Waals surface area contributed by atoms with Crippen LogP contribution in [-0.2, 0) is 10.2 Å². The second-order valence-electron chi connectivity index (χ2n) is 6.65. The number of hydrogen-bond acceptors (Lipinski definition) is 2. The van der Waals surface area contributed by atoms with Gasteiger partial charge in [0.05, 0.1) is 5.41 Å². The van der Waals surface area contributed by atoms with E-state index in [-0.39, 0.29) is 5.91 Å². The molecule has 1 aliphatic rings. The summed E-state index contributed by atoms with van der Waals surface area (Å²) in [6, 6.07) is 11.7. The number of carbonyl (C=O) groups is 1. The molecule has 3 nitrogen and oxygen atoms in total. The fourth-order valence-electron chi connectivity index (χ4n) is 3.24. The maximum absolute atomic E-state index is 13.0. The minimum Gasteiger partial charge on any atom is -0.341 e. The van der Waals surface area contributed by atoms with Gasteiger partial charge in [-0.1, -0.05) is 23.7 Å². The molecule has 1 aliphatic heterocycles. The van der Waals surface area contributed by atoms with Crippen molar-refractivity contribution in [2.45, 2.75) is 31.6 Å². The van der Waals surface area contributed by atoms with Gasteiger partial charge in [-0.15, -0.1) is 0 Å². The highest BCUT2D eigenvalue weighted by molar-refractivity contribution is 6.30. The molecule has 1 amide bonds. The molecule has 4 heteroatoms. The average Bonchev–Trinajstić information content (AvgIpc) is 3.05. The highest BCUT2D eigenvalue weighted by atomic mass is 35.5. The van der Waals surface area contributed by atoms with Gasteiger partial charge < -0.3 is 4.90 Å². The second kappa shape index (κ2) is 6.32. The predicted molar refractivity (Wildman–Crippen MR) is 92.7 cm³/mol. The lowest BCUT2D eigenvalue weighted by molar-refractivity contribution is -0.135. The highest BCUT2D eigenvalue weighted by Crippen LogP contribution is 2.32. The standard InChI is InChI=1S/C19H21ClN2O/c1-19(2,16-3-5-17(20)6-4-16)18(23)22-12-9-15(13-22)14-7-10-21-11-8-14/h3-8,10-11,15H,9,12-13H2,1-2H3. The van der Waals surface area contributed by atoms with Gasteiger partial charge in [-0.2, -0.15) is 0 Å². The van der Waals surface area contributed by atoms with E-state index in [1.165, 1.54) is 5.56 Å². The first kappa shape index (κ1) is 16.0. The molecule has 0 bridgehead atoms. The molecule has 1 unspecified atom stereocenters. The van der Waals surface area contributed by atoms with Crippen molar-refractivity contribution >= 4 is 17.5 Å². The van der Waals surface area contributed by atoms with Gasteiger partial charge in [0.2, 0.25) is 5.91 Å². The van der Waals surface area contributed by atoms with Crippen LogP contribution in [0.5, 0.6) is 0 Å². The van der Waals surface area contributed by atoms with Crippen molar-refractivity contribution in [3.05, 3.63) is 64.9 Å². The Kier molecular flexibility index (Phi) is 4.40. The van der Waals surface area contributed by atoms with Crippen molar-refractivity contribution < 1.29 is 4.79 Å². The number of rotatable bonds is 3. The minimum atomic E-state index is -0.544. The third-order valence-electron chi connectivity index (χ3n) is 4.75. The molecule has 1 saturated heterocycles. The molecule has 2 heterocycles. The summed E-state index contributed by atoms with van der Waals surface area (Å²) in [7, 11) is 0. The van der Waals surface area contributed by atoms with E-state index in [1.807, 2.05) is 67.5 Å². The summed E-state index contributed by atoms with van der Waals surface area (Å²) in [5.74, 6) is 0.583. The van der Waals surface area contributed by atoms with Gasteiger partial charge in [-0.3, -0.25) is 9.78 Å². The molecule has 2 aromatic rings. The molecular weight excluding hydrogens is 308 g/mol. The lowest BCUT2D eigenvalue weighted by Crippen LogP contribution is -2.42. The molecule has 0 saturated carbocycles. The van der Waals surface area contributed by atoms with Gasteiger partial charge in [0.1, 0.15) is 0 Å². The number of amides is 1. The Bertz CT molecular complexity index is 682. The van der Waals surface area contributed by atoms with Crippen LogP contribution in [0.2, 0.25) is 5.02 Å². The second-order valence-corrected chi connectivity index (χ2v) is 7.09. The summed E-state index contributed by atoms with van der Waals surface area (Å²) < 4.78 is 0. The Hall–Kier alpha value is -1.87. The number of likely N-dealkylation sites (tertiary alicyclic amines) is 1. The van der Waals surface area contributed by atoms with Crippen LogP contribution in [0.3, 0.4) is 0 Å². The van der Waals surface area contributed by atoms with Crippen LogP contribution in [0.25, 0.3) is 0 Å². The lowest BCUT2D eigenvalue weighted by Gasteiger charge is -2.30. The maximum atomic E-state index is 13.0. The predicted octanol–water partition coefficient (Wildman–Crippen LogP) is 4.03. The van der Waals surface area contributed by atoms with Crippen LogP contribution >= 0.6 is 11.6 Å². The molecule has 1 aromatic carbocycles. The van der Waals surface area contributed by atoms with Crippen molar-refractivity contribution in [2.75, 3.05) is 13.1 Å². The Labute approximate surface area is 142 Å². The first-order valence-electron chi connectivity index (χ1n) is 7.94. The van der Waals surface area contributed by atoms with E-state index < -0.39 is 5.41 Å². The first-order chi connectivity index (χ1) is 11.0. The smallest absolute Gasteiger partial charge is 0.232 e. The minimum absolute atomic E-state index is 0.177. The molecule has 1 aromatic heterocycles. The van der Waals surface area contributed by atoms with Crippen molar-refractivity contribution in [3.8, 4) is 0 Å². The van der Waals surface area contributed by atoms with Crippen molar-refractivity contribution in [1.82, 2.24) is 9.88 Å². The van der Waals surface area contributed by atoms with Crippen LogP contribution in [0, 0.1) is 0 Å². The Morgan fingerprint density at radius 2 is 1.83 bits per heavy atom. The molecule has 0 spiro atoms. The van der Waals surface area contributed by atoms with Crippen LogP contribution < -0.4 is 0 Å². The first-order valence-corrected chi connectivity index (χ1v) is 8.31. The van der Waals surface area contributed by atoms with Gasteiger partial charge >= 0.3 is 0 Å². The summed E-state index contributed by atoms with van der Waals surface area (Å²) >= 11 is 5.95. The van der Waals surface area contributed by atoms with E-state index in [1.54, 1.807) is 0 Å². The monoisotopic (exact) mass is 328 g/mol. The Morgan fingerprint density at radius 3 is 2.48 bits per heavy atom. The quantitative estimate of drug-likeness (QED) is 0.852. The van der Waals surface area contributed by atoms with Crippen LogP contribution in [0.1, 0.15) is 37.3 Å². The van der Waals surface area contributed by atoms with Crippen LogP contribution in [0.15, 0.2) is 48.8 Å². The number of hydrogen-bond donors (Lipinski definition) is 0. The number of aromatic nitrogens is 1. The molecule has 3 rings (SSSR count). The number of benzene rings is 1. The van der Waals surface area contributed by atoms with Crippen molar-refractivity contribution in [2.24, 2.45) is 0 Å². The Morgan fingerprint density at radius 1 is 1.17 bits per heavy atom. The maximum Gasteiger partial charge on any atom is 0.232 e. The zero-order chi connectivity index (χ0) is 16.4. The molecule has 23 heavy (non-hydrogen) atoms. The zero-order valence-corrected chi connectivity index (χ0v) is 14.3. The summed E-state index contributed by atoms with van der Waals surface area (Å²) in [6.07, 6.45) is 4.64. The normalized spacial score (nSPS) is 18.2. The largest absolute Gasteiger partial charge is 0.341 e. The summed E-state index contributed by atoms with van der Waals surface area (Å²) in [5, 5.41) is 0.691. The lowest BCUT2D eigenvalue weighted by atomic mass is 9.83. The van der Waals surface area contributed by atoms with Gasteiger partial charge in [0, 0.05) is 36.4 Å². The van der Waals surface area contributed by atoms with E-state index in [4.69, 9.17) is 11.6 Å². The van der Waals surface area contributed by atoms with E-state index in [0.29, 0.717) is 10.9 Å². The van der Waals surface area contributed by atoms with E-state index in [0.717, 1.165) is 25.1 Å². The third kappa shape index (κ3) is 3.25. The zero-order valence-electron chi connectivity index (χ0n) is 13.5. The third-order valence-corrected chi connectivity index (χ3v) is 5.01. The molecule has 0 radical (unpaired) electrons. The Balaban J connectivity index is 1.74. The molecule has 0 N–H and O–H groups in total. The van der Waals surface area contributed by atoms with Crippen LogP contribution in [-0.4, -0.2) is 28.9 Å². The van der Waals surface area contributed by atoms with Gasteiger partial charge in [0.25, 0.3) is 0 Å². The number of pyridine rings is 1. The fraction of sp³-hybridized carbons (Fsp3) is 0.368. The topological polar surface area (TPSA) is 33.2 Å². The van der Waals surface area contributed by atoms with Gasteiger partial charge in [-0.25, -0.2) is 0 Å². The highest BCUT2D eigenvalue weighted by Gasteiger charge is 2.37. The summed E-state index contributed by atoms with van der Waals surface area (Å²) in [5.41, 5.74) is 1.72. The molecular formula is C19H21ClN2O. The molecule has 1 atom stereocenters. The molecule has 120 valence electrons. The number of nitrogens with zero attached hydrogens (tertiary/aromatic N) is 2. The van der Waals surface area contributed by atoms with E-state index in [2.05, 4.69) is 4.98 Å².